The van der Waals surface area contributed by atoms with Crippen LogP contribution in [-0.4, -0.2) is 25.4 Å². The van der Waals surface area contributed by atoms with Gasteiger partial charge in [0.2, 0.25) is 0 Å². The Morgan fingerprint density at radius 1 is 0.778 bits per heavy atom. The van der Waals surface area contributed by atoms with E-state index in [1.165, 1.54) is 0 Å². The molecule has 0 N–H and O–H groups in total. The Labute approximate surface area is 107 Å². The molecule has 0 aromatic heterocycles. The molecule has 0 aliphatic carbocycles. The third kappa shape index (κ3) is 2.42. The van der Waals surface area contributed by atoms with Crippen molar-refractivity contribution in [3.63, 3.8) is 0 Å². The molecule has 1 aromatic rings. The van der Waals surface area contributed by atoms with Crippen molar-refractivity contribution in [3.05, 3.63) is 35.4 Å². The summed E-state index contributed by atoms with van der Waals surface area (Å²) >= 11 is 0. The van der Waals surface area contributed by atoms with E-state index in [2.05, 4.69) is 0 Å². The molecule has 2 heterocycles. The van der Waals surface area contributed by atoms with Crippen molar-refractivity contribution >= 4 is 0 Å². The smallest absolute Gasteiger partial charge is 0.184 e. The molecule has 2 aliphatic rings. The summed E-state index contributed by atoms with van der Waals surface area (Å²) in [4.78, 5) is 0. The van der Waals surface area contributed by atoms with Gasteiger partial charge < -0.3 is 18.9 Å². The topological polar surface area (TPSA) is 36.9 Å². The molecule has 0 bridgehead atoms. The minimum Gasteiger partial charge on any atom is -0.346 e. The van der Waals surface area contributed by atoms with Crippen LogP contribution in [0.3, 0.4) is 0 Å². The molecule has 18 heavy (non-hydrogen) atoms. The van der Waals surface area contributed by atoms with Crippen LogP contribution in [0.4, 0.5) is 0 Å². The second-order valence-electron chi connectivity index (χ2n) is 4.89. The first-order chi connectivity index (χ1) is 8.72. The van der Waals surface area contributed by atoms with Gasteiger partial charge in [-0.2, -0.15) is 0 Å². The molecule has 2 aliphatic heterocycles. The lowest BCUT2D eigenvalue weighted by molar-refractivity contribution is -0.0598. The number of ether oxygens (including phenoxy) is 4. The van der Waals surface area contributed by atoms with Gasteiger partial charge in [0.05, 0.1) is 25.4 Å². The second-order valence-corrected chi connectivity index (χ2v) is 4.89. The van der Waals surface area contributed by atoms with Crippen molar-refractivity contribution in [1.82, 2.24) is 0 Å². The average Bonchev–Trinajstić information content (AvgIpc) is 2.98. The fourth-order valence-electron chi connectivity index (χ4n) is 2.18. The largest absolute Gasteiger partial charge is 0.346 e. The average molecular weight is 250 g/mol. The Bertz CT molecular complexity index is 364. The van der Waals surface area contributed by atoms with Crippen molar-refractivity contribution in [2.45, 2.75) is 38.6 Å². The molecule has 4 atom stereocenters. The molecular formula is C14H18O4. The van der Waals surface area contributed by atoms with Crippen LogP contribution >= 0.6 is 0 Å². The SMILES string of the molecule is CC1COC(c2ccc(C3OCC(C)O3)cc2)O1. The molecule has 0 radical (unpaired) electrons. The van der Waals surface area contributed by atoms with E-state index in [9.17, 15) is 0 Å². The molecule has 0 amide bonds. The van der Waals surface area contributed by atoms with E-state index in [1.807, 2.05) is 38.1 Å². The molecule has 0 spiro atoms. The summed E-state index contributed by atoms with van der Waals surface area (Å²) < 4.78 is 22.4. The van der Waals surface area contributed by atoms with Gasteiger partial charge in [-0.25, -0.2) is 0 Å². The Balaban J connectivity index is 1.69. The summed E-state index contributed by atoms with van der Waals surface area (Å²) in [7, 11) is 0. The van der Waals surface area contributed by atoms with E-state index < -0.39 is 0 Å². The van der Waals surface area contributed by atoms with Gasteiger partial charge in [0.1, 0.15) is 0 Å². The monoisotopic (exact) mass is 250 g/mol. The molecule has 2 fully saturated rings. The van der Waals surface area contributed by atoms with Crippen molar-refractivity contribution in [1.29, 1.82) is 0 Å². The van der Waals surface area contributed by atoms with E-state index in [0.717, 1.165) is 11.1 Å². The quantitative estimate of drug-likeness (QED) is 0.808. The van der Waals surface area contributed by atoms with Crippen molar-refractivity contribution in [2.24, 2.45) is 0 Å². The van der Waals surface area contributed by atoms with Gasteiger partial charge in [-0.3, -0.25) is 0 Å². The zero-order valence-corrected chi connectivity index (χ0v) is 10.7. The van der Waals surface area contributed by atoms with Gasteiger partial charge in [-0.1, -0.05) is 24.3 Å². The number of benzene rings is 1. The van der Waals surface area contributed by atoms with Gasteiger partial charge in [-0.15, -0.1) is 0 Å². The second kappa shape index (κ2) is 4.97. The van der Waals surface area contributed by atoms with E-state index >= 15 is 0 Å². The van der Waals surface area contributed by atoms with Crippen LogP contribution in [0.2, 0.25) is 0 Å². The molecule has 4 nitrogen and oxygen atoms in total. The van der Waals surface area contributed by atoms with Crippen LogP contribution in [0.25, 0.3) is 0 Å². The summed E-state index contributed by atoms with van der Waals surface area (Å²) in [6, 6.07) is 8.03. The fourth-order valence-corrected chi connectivity index (χ4v) is 2.18. The predicted octanol–water partition coefficient (Wildman–Crippen LogP) is 2.55. The van der Waals surface area contributed by atoms with Crippen molar-refractivity contribution < 1.29 is 18.9 Å². The van der Waals surface area contributed by atoms with E-state index in [-0.39, 0.29) is 24.8 Å². The number of hydrogen-bond acceptors (Lipinski definition) is 4. The highest BCUT2D eigenvalue weighted by Crippen LogP contribution is 2.30. The minimum absolute atomic E-state index is 0.164. The molecule has 1 aromatic carbocycles. The van der Waals surface area contributed by atoms with Crippen LogP contribution in [0, 0.1) is 0 Å². The molecule has 98 valence electrons. The van der Waals surface area contributed by atoms with E-state index in [1.54, 1.807) is 0 Å². The summed E-state index contributed by atoms with van der Waals surface area (Å²) in [5.41, 5.74) is 2.07. The summed E-state index contributed by atoms with van der Waals surface area (Å²) in [6.07, 6.45) is -0.147. The molecular weight excluding hydrogens is 232 g/mol. The summed E-state index contributed by atoms with van der Waals surface area (Å²) in [5.74, 6) is 0. The first-order valence-corrected chi connectivity index (χ1v) is 6.36. The third-order valence-corrected chi connectivity index (χ3v) is 3.16. The third-order valence-electron chi connectivity index (χ3n) is 3.16. The highest BCUT2D eigenvalue weighted by Gasteiger charge is 2.26. The van der Waals surface area contributed by atoms with Crippen LogP contribution < -0.4 is 0 Å². The summed E-state index contributed by atoms with van der Waals surface area (Å²) in [5, 5.41) is 0. The molecule has 2 saturated heterocycles. The molecule has 4 unspecified atom stereocenters. The maximum absolute atomic E-state index is 5.65. The van der Waals surface area contributed by atoms with Gasteiger partial charge in [0, 0.05) is 11.1 Å². The van der Waals surface area contributed by atoms with Gasteiger partial charge in [-0.05, 0) is 13.8 Å². The zero-order chi connectivity index (χ0) is 12.5. The lowest BCUT2D eigenvalue weighted by Crippen LogP contribution is -2.04. The van der Waals surface area contributed by atoms with E-state index in [0.29, 0.717) is 13.2 Å². The zero-order valence-electron chi connectivity index (χ0n) is 10.7. The Morgan fingerprint density at radius 3 is 1.44 bits per heavy atom. The fraction of sp³-hybridized carbons (Fsp3) is 0.571. The van der Waals surface area contributed by atoms with Crippen LogP contribution in [0.15, 0.2) is 24.3 Å². The van der Waals surface area contributed by atoms with Crippen molar-refractivity contribution in [3.8, 4) is 0 Å². The number of hydrogen-bond donors (Lipinski definition) is 0. The summed E-state index contributed by atoms with van der Waals surface area (Å²) in [6.45, 7) is 5.32. The first-order valence-electron chi connectivity index (χ1n) is 6.36. The Morgan fingerprint density at radius 2 is 1.17 bits per heavy atom. The highest BCUT2D eigenvalue weighted by atomic mass is 16.7. The molecule has 0 saturated carbocycles. The maximum atomic E-state index is 5.65. The standard InChI is InChI=1S/C14H18O4/c1-9-7-15-13(17-9)11-3-5-12(6-4-11)14-16-8-10(2)18-14/h3-6,9-10,13-14H,7-8H2,1-2H3. The van der Waals surface area contributed by atoms with Gasteiger partial charge >= 0.3 is 0 Å². The van der Waals surface area contributed by atoms with Crippen LogP contribution in [0.1, 0.15) is 37.6 Å². The van der Waals surface area contributed by atoms with Gasteiger partial charge in [0.25, 0.3) is 0 Å². The minimum atomic E-state index is -0.238. The maximum Gasteiger partial charge on any atom is 0.184 e. The normalized spacial score (nSPS) is 36.1. The lowest BCUT2D eigenvalue weighted by Gasteiger charge is -2.13. The van der Waals surface area contributed by atoms with E-state index in [4.69, 9.17) is 18.9 Å². The molecule has 4 heteroatoms. The van der Waals surface area contributed by atoms with Crippen LogP contribution in [-0.2, 0) is 18.9 Å². The highest BCUT2D eigenvalue weighted by molar-refractivity contribution is 5.24. The first kappa shape index (κ1) is 12.1. The van der Waals surface area contributed by atoms with Crippen LogP contribution in [0.5, 0.6) is 0 Å². The Hall–Kier alpha value is -0.940. The lowest BCUT2D eigenvalue weighted by atomic mass is 10.1. The van der Waals surface area contributed by atoms with Gasteiger partial charge in [0.15, 0.2) is 12.6 Å². The Kier molecular flexibility index (Phi) is 3.35. The van der Waals surface area contributed by atoms with Crippen molar-refractivity contribution in [2.75, 3.05) is 13.2 Å². The predicted molar refractivity (Wildman–Crippen MR) is 64.9 cm³/mol. The number of rotatable bonds is 2. The molecule has 3 rings (SSSR count).